The molecule has 0 saturated heterocycles. The van der Waals surface area contributed by atoms with E-state index < -0.39 is 0 Å². The normalized spacial score (nSPS) is 17.0. The topological polar surface area (TPSA) is 36.1 Å². The van der Waals surface area contributed by atoms with Crippen molar-refractivity contribution in [3.05, 3.63) is 35.0 Å². The van der Waals surface area contributed by atoms with E-state index in [9.17, 15) is 4.79 Å². The Morgan fingerprint density at radius 2 is 2.24 bits per heavy atom. The van der Waals surface area contributed by atoms with Crippen molar-refractivity contribution in [2.75, 3.05) is 7.05 Å². The SMILES string of the molecule is CC#CC(=O)N(C)C1CCCc2c1[nH]c1ccc(C)cc21. The number of rotatable bonds is 1. The molecule has 1 atom stereocenters. The Balaban J connectivity index is 2.07. The predicted molar refractivity (Wildman–Crippen MR) is 84.9 cm³/mol. The highest BCUT2D eigenvalue weighted by Crippen LogP contribution is 2.37. The lowest BCUT2D eigenvalue weighted by Crippen LogP contribution is -2.32. The number of fused-ring (bicyclic) bond motifs is 3. The molecule has 0 bridgehead atoms. The molecule has 21 heavy (non-hydrogen) atoms. The summed E-state index contributed by atoms with van der Waals surface area (Å²) in [4.78, 5) is 17.4. The molecule has 3 rings (SSSR count). The first-order chi connectivity index (χ1) is 10.1. The number of nitrogens with one attached hydrogen (secondary N) is 1. The fourth-order valence-corrected chi connectivity index (χ4v) is 3.28. The van der Waals surface area contributed by atoms with Crippen molar-refractivity contribution >= 4 is 16.8 Å². The zero-order valence-electron chi connectivity index (χ0n) is 12.8. The van der Waals surface area contributed by atoms with Gasteiger partial charge in [0, 0.05) is 23.6 Å². The number of amides is 1. The average Bonchev–Trinajstić information content (AvgIpc) is 2.84. The van der Waals surface area contributed by atoms with Crippen LogP contribution in [0.15, 0.2) is 18.2 Å². The predicted octanol–water partition coefficient (Wildman–Crippen LogP) is 3.34. The molecule has 1 N–H and O–H groups in total. The van der Waals surface area contributed by atoms with Crippen molar-refractivity contribution in [3.8, 4) is 11.8 Å². The number of benzene rings is 1. The maximum atomic E-state index is 12.1. The van der Waals surface area contributed by atoms with Crippen LogP contribution >= 0.6 is 0 Å². The summed E-state index contributed by atoms with van der Waals surface area (Å²) in [5.74, 6) is 5.23. The van der Waals surface area contributed by atoms with Crippen LogP contribution in [0.2, 0.25) is 0 Å². The zero-order valence-corrected chi connectivity index (χ0v) is 12.8. The maximum absolute atomic E-state index is 12.1. The van der Waals surface area contributed by atoms with E-state index in [4.69, 9.17) is 0 Å². The molecule has 1 unspecified atom stereocenters. The number of hydrogen-bond donors (Lipinski definition) is 1. The maximum Gasteiger partial charge on any atom is 0.298 e. The second-order valence-corrected chi connectivity index (χ2v) is 5.77. The lowest BCUT2D eigenvalue weighted by Gasteiger charge is -2.30. The Bertz CT molecular complexity index is 761. The quantitative estimate of drug-likeness (QED) is 0.799. The summed E-state index contributed by atoms with van der Waals surface area (Å²) in [5.41, 5.74) is 5.00. The van der Waals surface area contributed by atoms with E-state index >= 15 is 0 Å². The lowest BCUT2D eigenvalue weighted by molar-refractivity contribution is -0.126. The third-order valence-electron chi connectivity index (χ3n) is 4.35. The van der Waals surface area contributed by atoms with Gasteiger partial charge in [-0.1, -0.05) is 17.6 Å². The highest BCUT2D eigenvalue weighted by Gasteiger charge is 2.29. The van der Waals surface area contributed by atoms with Crippen LogP contribution in [0.4, 0.5) is 0 Å². The highest BCUT2D eigenvalue weighted by atomic mass is 16.2. The van der Waals surface area contributed by atoms with E-state index in [0.717, 1.165) is 19.3 Å². The van der Waals surface area contributed by atoms with Crippen LogP contribution in [-0.4, -0.2) is 22.8 Å². The van der Waals surface area contributed by atoms with Gasteiger partial charge < -0.3 is 9.88 Å². The molecule has 0 fully saturated rings. The molecule has 108 valence electrons. The number of aryl methyl sites for hydroxylation is 2. The van der Waals surface area contributed by atoms with Gasteiger partial charge in [0.25, 0.3) is 5.91 Å². The first-order valence-electron chi connectivity index (χ1n) is 7.42. The van der Waals surface area contributed by atoms with Crippen molar-refractivity contribution < 1.29 is 4.79 Å². The van der Waals surface area contributed by atoms with E-state index in [1.807, 2.05) is 7.05 Å². The summed E-state index contributed by atoms with van der Waals surface area (Å²) in [7, 11) is 1.85. The second-order valence-electron chi connectivity index (χ2n) is 5.77. The molecule has 2 aromatic rings. The Morgan fingerprint density at radius 1 is 1.43 bits per heavy atom. The average molecular weight is 280 g/mol. The molecule has 1 aromatic heterocycles. The van der Waals surface area contributed by atoms with Crippen LogP contribution in [0.5, 0.6) is 0 Å². The van der Waals surface area contributed by atoms with Crippen molar-refractivity contribution in [3.63, 3.8) is 0 Å². The summed E-state index contributed by atoms with van der Waals surface area (Å²) >= 11 is 0. The van der Waals surface area contributed by atoms with E-state index in [-0.39, 0.29) is 11.9 Å². The number of aromatic amines is 1. The summed E-state index contributed by atoms with van der Waals surface area (Å²) in [6.07, 6.45) is 3.18. The number of aromatic nitrogens is 1. The Labute approximate surface area is 125 Å². The molecule has 1 heterocycles. The van der Waals surface area contributed by atoms with Crippen molar-refractivity contribution in [1.82, 2.24) is 9.88 Å². The fraction of sp³-hybridized carbons (Fsp3) is 0.389. The van der Waals surface area contributed by atoms with Gasteiger partial charge in [-0.05, 0) is 56.7 Å². The van der Waals surface area contributed by atoms with E-state index in [1.54, 1.807) is 11.8 Å². The Hall–Kier alpha value is -2.21. The van der Waals surface area contributed by atoms with Crippen LogP contribution < -0.4 is 0 Å². The minimum atomic E-state index is -0.106. The van der Waals surface area contributed by atoms with E-state index in [1.165, 1.54) is 27.7 Å². The lowest BCUT2D eigenvalue weighted by atomic mass is 9.90. The smallest absolute Gasteiger partial charge is 0.298 e. The Morgan fingerprint density at radius 3 is 3.00 bits per heavy atom. The molecule has 3 heteroatoms. The van der Waals surface area contributed by atoms with Gasteiger partial charge in [0.05, 0.1) is 6.04 Å². The van der Waals surface area contributed by atoms with E-state index in [0.29, 0.717) is 0 Å². The Kier molecular flexibility index (Phi) is 3.47. The van der Waals surface area contributed by atoms with Gasteiger partial charge >= 0.3 is 0 Å². The summed E-state index contributed by atoms with van der Waals surface area (Å²) in [5, 5.41) is 1.30. The van der Waals surface area contributed by atoms with Crippen molar-refractivity contribution in [2.24, 2.45) is 0 Å². The molecule has 1 aliphatic carbocycles. The van der Waals surface area contributed by atoms with Crippen molar-refractivity contribution in [1.29, 1.82) is 0 Å². The number of carbonyl (C=O) groups excluding carboxylic acids is 1. The van der Waals surface area contributed by atoms with Crippen LogP contribution in [-0.2, 0) is 11.2 Å². The molecule has 1 aliphatic rings. The minimum absolute atomic E-state index is 0.106. The number of carbonyl (C=O) groups is 1. The molecule has 1 aromatic carbocycles. The highest BCUT2D eigenvalue weighted by molar-refractivity contribution is 5.94. The third-order valence-corrected chi connectivity index (χ3v) is 4.35. The largest absolute Gasteiger partial charge is 0.356 e. The molecule has 1 amide bonds. The monoisotopic (exact) mass is 280 g/mol. The van der Waals surface area contributed by atoms with E-state index in [2.05, 4.69) is 41.9 Å². The molecular formula is C18H20N2O. The standard InChI is InChI=1S/C18H20N2O/c1-4-6-17(21)20(3)16-8-5-7-13-14-11-12(2)9-10-15(14)19-18(13)16/h9-11,16,19H,5,7-8H2,1-3H3. The molecule has 3 nitrogen and oxygen atoms in total. The second kappa shape index (κ2) is 5.29. The number of nitrogens with zero attached hydrogens (tertiary/aromatic N) is 1. The first-order valence-corrected chi connectivity index (χ1v) is 7.42. The first kappa shape index (κ1) is 13.8. The fourth-order valence-electron chi connectivity index (χ4n) is 3.28. The third kappa shape index (κ3) is 2.31. The summed E-state index contributed by atoms with van der Waals surface area (Å²) in [6.45, 7) is 3.81. The van der Waals surface area contributed by atoms with Gasteiger partial charge in [-0.25, -0.2) is 0 Å². The van der Waals surface area contributed by atoms with Gasteiger partial charge in [-0.15, -0.1) is 0 Å². The van der Waals surface area contributed by atoms with Gasteiger partial charge in [-0.2, -0.15) is 0 Å². The molecule has 0 spiro atoms. The summed E-state index contributed by atoms with van der Waals surface area (Å²) < 4.78 is 0. The molecule has 0 radical (unpaired) electrons. The number of H-pyrrole nitrogens is 1. The van der Waals surface area contributed by atoms with Gasteiger partial charge in [-0.3, -0.25) is 4.79 Å². The van der Waals surface area contributed by atoms with Crippen LogP contribution in [0.25, 0.3) is 10.9 Å². The van der Waals surface area contributed by atoms with Gasteiger partial charge in [0.15, 0.2) is 0 Å². The van der Waals surface area contributed by atoms with Gasteiger partial charge in [0.2, 0.25) is 0 Å². The summed E-state index contributed by atoms with van der Waals surface area (Å²) in [6, 6.07) is 6.60. The van der Waals surface area contributed by atoms with Crippen molar-refractivity contribution in [2.45, 2.75) is 39.2 Å². The molecule has 0 saturated carbocycles. The van der Waals surface area contributed by atoms with Crippen LogP contribution in [0, 0.1) is 18.8 Å². The van der Waals surface area contributed by atoms with Crippen LogP contribution in [0.3, 0.4) is 0 Å². The van der Waals surface area contributed by atoms with Gasteiger partial charge in [0.1, 0.15) is 0 Å². The molecular weight excluding hydrogens is 260 g/mol. The zero-order chi connectivity index (χ0) is 15.0. The minimum Gasteiger partial charge on any atom is -0.356 e. The van der Waals surface area contributed by atoms with Crippen LogP contribution in [0.1, 0.15) is 42.6 Å². The number of hydrogen-bond acceptors (Lipinski definition) is 1. The molecule has 0 aliphatic heterocycles.